The number of aliphatic hydroxyl groups excluding tert-OH is 2. The van der Waals surface area contributed by atoms with E-state index in [0.717, 1.165) is 38.5 Å². The van der Waals surface area contributed by atoms with E-state index in [1.165, 1.54) is 456 Å². The lowest BCUT2D eigenvalue weighted by Crippen LogP contribution is -2.45. The van der Waals surface area contributed by atoms with E-state index in [1.54, 1.807) is 0 Å². The van der Waals surface area contributed by atoms with Gasteiger partial charge in [0.2, 0.25) is 5.91 Å². The fraction of sp³-hybridized carbons (Fsp3) is 0.977. The van der Waals surface area contributed by atoms with Gasteiger partial charge in [0.15, 0.2) is 0 Å². The second-order valence-corrected chi connectivity index (χ2v) is 30.9. The summed E-state index contributed by atoms with van der Waals surface area (Å²) in [5.74, 6) is 0.00712. The lowest BCUT2D eigenvalue weighted by Gasteiger charge is -2.22. The van der Waals surface area contributed by atoms with Crippen LogP contribution in [0.15, 0.2) is 0 Å². The third kappa shape index (κ3) is 79.8. The Morgan fingerprint density at radius 2 is 0.436 bits per heavy atom. The van der Waals surface area contributed by atoms with Crippen molar-refractivity contribution in [3.8, 4) is 0 Å². The largest absolute Gasteiger partial charge is 0.466 e. The molecule has 6 heteroatoms. The number of rotatable bonds is 85. The Kier molecular flexibility index (Phi) is 83.3. The molecule has 0 aliphatic heterocycles. The van der Waals surface area contributed by atoms with Crippen molar-refractivity contribution in [2.45, 2.75) is 540 Å². The number of aliphatic hydroxyl groups is 2. The van der Waals surface area contributed by atoms with Crippen LogP contribution in [0.2, 0.25) is 0 Å². The first-order valence-electron chi connectivity index (χ1n) is 44.3. The van der Waals surface area contributed by atoms with Crippen LogP contribution in [-0.2, 0) is 14.3 Å². The molecule has 562 valence electrons. The van der Waals surface area contributed by atoms with Gasteiger partial charge in [-0.2, -0.15) is 0 Å². The molecule has 0 rings (SSSR count). The molecule has 0 spiro atoms. The van der Waals surface area contributed by atoms with Gasteiger partial charge in [-0.3, -0.25) is 9.59 Å². The Hall–Kier alpha value is -1.14. The predicted octanol–water partition coefficient (Wildman–Crippen LogP) is 29.6. The standard InChI is InChI=1S/C88H175NO5/c1-3-5-7-9-11-13-15-17-19-21-22-23-43-46-49-52-56-60-64-68-72-76-80-86(91)85(84-90)89-87(92)81-77-73-69-65-61-57-53-50-47-44-41-39-37-35-33-31-29-27-25-24-26-28-30-32-34-36-38-40-42-45-48-51-55-59-63-67-71-75-79-83-94-88(93)82-78-74-70-66-62-58-54-20-18-16-14-12-10-8-6-4-2/h85-86,90-91H,3-84H2,1-2H3,(H,89,92). The number of unbranched alkanes of at least 4 members (excludes halogenated alkanes) is 74. The molecule has 1 amide bonds. The lowest BCUT2D eigenvalue weighted by molar-refractivity contribution is -0.143. The van der Waals surface area contributed by atoms with E-state index in [-0.39, 0.29) is 18.5 Å². The van der Waals surface area contributed by atoms with Gasteiger partial charge in [0.1, 0.15) is 0 Å². The van der Waals surface area contributed by atoms with Gasteiger partial charge in [-0.05, 0) is 25.7 Å². The van der Waals surface area contributed by atoms with Gasteiger partial charge in [0.25, 0.3) is 0 Å². The Labute approximate surface area is 591 Å². The summed E-state index contributed by atoms with van der Waals surface area (Å²) in [6.07, 6.45) is 107. The molecule has 3 N–H and O–H groups in total. The Morgan fingerprint density at radius 1 is 0.255 bits per heavy atom. The Balaban J connectivity index is 3.28. The normalized spacial score (nSPS) is 12.3. The molecular formula is C88H175NO5. The molecule has 0 heterocycles. The van der Waals surface area contributed by atoms with Gasteiger partial charge < -0.3 is 20.3 Å². The van der Waals surface area contributed by atoms with Crippen molar-refractivity contribution in [1.82, 2.24) is 5.32 Å². The smallest absolute Gasteiger partial charge is 0.305 e. The monoisotopic (exact) mass is 1330 g/mol. The maximum absolute atomic E-state index is 12.6. The van der Waals surface area contributed by atoms with Crippen LogP contribution in [0.5, 0.6) is 0 Å². The highest BCUT2D eigenvalue weighted by molar-refractivity contribution is 5.76. The Morgan fingerprint density at radius 3 is 0.649 bits per heavy atom. The minimum atomic E-state index is -0.660. The second kappa shape index (κ2) is 84.3. The fourth-order valence-electron chi connectivity index (χ4n) is 14.7. The van der Waals surface area contributed by atoms with E-state index < -0.39 is 12.1 Å². The number of hydrogen-bond acceptors (Lipinski definition) is 5. The van der Waals surface area contributed by atoms with E-state index in [2.05, 4.69) is 19.2 Å². The number of hydrogen-bond donors (Lipinski definition) is 3. The van der Waals surface area contributed by atoms with Crippen molar-refractivity contribution in [3.63, 3.8) is 0 Å². The van der Waals surface area contributed by atoms with Gasteiger partial charge in [0, 0.05) is 12.8 Å². The third-order valence-corrected chi connectivity index (χ3v) is 21.4. The van der Waals surface area contributed by atoms with Crippen LogP contribution in [0, 0.1) is 0 Å². The minimum absolute atomic E-state index is 0.0221. The van der Waals surface area contributed by atoms with Crippen LogP contribution >= 0.6 is 0 Å². The molecule has 2 unspecified atom stereocenters. The van der Waals surface area contributed by atoms with Crippen LogP contribution < -0.4 is 5.32 Å². The third-order valence-electron chi connectivity index (χ3n) is 21.4. The number of ether oxygens (including phenoxy) is 1. The summed E-state index contributed by atoms with van der Waals surface area (Å²) in [7, 11) is 0. The van der Waals surface area contributed by atoms with Gasteiger partial charge in [0.05, 0.1) is 25.4 Å². The SMILES string of the molecule is CCCCCCCCCCCCCCCCCCCCCCCCC(O)C(CO)NC(=O)CCCCCCCCCCCCCCCCCCCCCCCCCCCCCCCCCCCCCCCCCOC(=O)CCCCCCCCCCCCCCCCCC. The number of carbonyl (C=O) groups excluding carboxylic acids is 2. The molecule has 2 atom stereocenters. The fourth-order valence-corrected chi connectivity index (χ4v) is 14.7. The summed E-state index contributed by atoms with van der Waals surface area (Å²) in [5, 5.41) is 23.5. The van der Waals surface area contributed by atoms with Crippen molar-refractivity contribution in [2.75, 3.05) is 13.2 Å². The van der Waals surface area contributed by atoms with Gasteiger partial charge >= 0.3 is 5.97 Å². The molecule has 0 radical (unpaired) electrons. The van der Waals surface area contributed by atoms with Crippen LogP contribution in [0.25, 0.3) is 0 Å². The van der Waals surface area contributed by atoms with Crippen molar-refractivity contribution in [2.24, 2.45) is 0 Å². The first-order valence-corrected chi connectivity index (χ1v) is 44.3. The van der Waals surface area contributed by atoms with Crippen molar-refractivity contribution in [1.29, 1.82) is 0 Å². The molecule has 6 nitrogen and oxygen atoms in total. The average molecular weight is 1330 g/mol. The van der Waals surface area contributed by atoms with Gasteiger partial charge in [-0.15, -0.1) is 0 Å². The zero-order valence-corrected chi connectivity index (χ0v) is 64.8. The topological polar surface area (TPSA) is 95.9 Å². The molecule has 94 heavy (non-hydrogen) atoms. The van der Waals surface area contributed by atoms with E-state index in [0.29, 0.717) is 25.9 Å². The molecule has 0 aromatic rings. The predicted molar refractivity (Wildman–Crippen MR) is 417 cm³/mol. The molecule has 0 fully saturated rings. The highest BCUT2D eigenvalue weighted by atomic mass is 16.5. The molecule has 0 saturated heterocycles. The van der Waals surface area contributed by atoms with Crippen molar-refractivity contribution in [3.05, 3.63) is 0 Å². The van der Waals surface area contributed by atoms with Crippen molar-refractivity contribution < 1.29 is 24.5 Å². The molecular weight excluding hydrogens is 1150 g/mol. The highest BCUT2D eigenvalue weighted by Gasteiger charge is 2.20. The van der Waals surface area contributed by atoms with E-state index >= 15 is 0 Å². The lowest BCUT2D eigenvalue weighted by atomic mass is 10.0. The van der Waals surface area contributed by atoms with E-state index in [9.17, 15) is 19.8 Å². The number of esters is 1. The molecule has 0 bridgehead atoms. The summed E-state index contributed by atoms with van der Waals surface area (Å²) in [6.45, 7) is 5.03. The van der Waals surface area contributed by atoms with Crippen LogP contribution in [0.4, 0.5) is 0 Å². The highest BCUT2D eigenvalue weighted by Crippen LogP contribution is 2.22. The van der Waals surface area contributed by atoms with E-state index in [4.69, 9.17) is 4.74 Å². The van der Waals surface area contributed by atoms with Gasteiger partial charge in [-0.1, -0.05) is 489 Å². The Bertz CT molecular complexity index is 1390. The summed E-state index contributed by atoms with van der Waals surface area (Å²) < 4.78 is 5.52. The van der Waals surface area contributed by atoms with E-state index in [1.807, 2.05) is 0 Å². The van der Waals surface area contributed by atoms with Gasteiger partial charge in [-0.25, -0.2) is 0 Å². The minimum Gasteiger partial charge on any atom is -0.466 e. The maximum atomic E-state index is 12.6. The van der Waals surface area contributed by atoms with Crippen LogP contribution in [0.1, 0.15) is 528 Å². The molecule has 0 saturated carbocycles. The second-order valence-electron chi connectivity index (χ2n) is 30.9. The number of amides is 1. The quantitative estimate of drug-likeness (QED) is 0.0417. The van der Waals surface area contributed by atoms with Crippen molar-refractivity contribution >= 4 is 11.9 Å². The van der Waals surface area contributed by atoms with Crippen LogP contribution in [-0.4, -0.2) is 47.4 Å². The summed E-state index contributed by atoms with van der Waals surface area (Å²) >= 11 is 0. The molecule has 0 aliphatic rings. The first kappa shape index (κ1) is 92.9. The summed E-state index contributed by atoms with van der Waals surface area (Å²) in [4.78, 5) is 24.7. The summed E-state index contributed by atoms with van der Waals surface area (Å²) in [6, 6.07) is -0.537. The van der Waals surface area contributed by atoms with Crippen LogP contribution in [0.3, 0.4) is 0 Å². The summed E-state index contributed by atoms with van der Waals surface area (Å²) in [5.41, 5.74) is 0. The molecule has 0 aliphatic carbocycles. The number of carbonyl (C=O) groups is 2. The molecule has 0 aromatic carbocycles. The first-order chi connectivity index (χ1) is 46.5. The zero-order chi connectivity index (χ0) is 67.7. The number of nitrogens with one attached hydrogen (secondary N) is 1. The zero-order valence-electron chi connectivity index (χ0n) is 64.8. The average Bonchev–Trinajstić information content (AvgIpc) is 3.68. The molecule has 0 aromatic heterocycles. The maximum Gasteiger partial charge on any atom is 0.305 e.